The smallest absolute Gasteiger partial charge is 0.300 e. The molecule has 0 saturated heterocycles. The molecule has 6 nitrogen and oxygen atoms in total. The fourth-order valence-electron chi connectivity index (χ4n) is 2.81. The lowest BCUT2D eigenvalue weighted by Gasteiger charge is -2.29. The molecule has 0 bridgehead atoms. The number of H-pyrrole nitrogens is 1. The van der Waals surface area contributed by atoms with Crippen molar-refractivity contribution in [1.82, 2.24) is 10.2 Å². The van der Waals surface area contributed by atoms with Crippen molar-refractivity contribution >= 4 is 17.6 Å². The first-order chi connectivity index (χ1) is 13.3. The van der Waals surface area contributed by atoms with Gasteiger partial charge in [-0.2, -0.15) is 5.10 Å². The quantitative estimate of drug-likeness (QED) is 0.518. The zero-order chi connectivity index (χ0) is 20.7. The van der Waals surface area contributed by atoms with Crippen molar-refractivity contribution in [2.45, 2.75) is 18.9 Å². The number of carboxylic acids is 1. The first kappa shape index (κ1) is 21.6. The number of rotatable bonds is 5. The Kier molecular flexibility index (Phi) is 7.28. The molecule has 1 atom stereocenters. The van der Waals surface area contributed by atoms with E-state index < -0.39 is 17.4 Å². The molecule has 0 aliphatic carbocycles. The van der Waals surface area contributed by atoms with Crippen LogP contribution in [0.4, 0.5) is 4.39 Å². The van der Waals surface area contributed by atoms with E-state index in [2.05, 4.69) is 10.2 Å². The van der Waals surface area contributed by atoms with E-state index in [-0.39, 0.29) is 18.5 Å². The highest BCUT2D eigenvalue weighted by Gasteiger charge is 2.33. The van der Waals surface area contributed by atoms with Gasteiger partial charge in [-0.25, -0.2) is 4.39 Å². The molecule has 1 heterocycles. The number of carbonyl (C=O) groups is 1. The predicted molar refractivity (Wildman–Crippen MR) is 105 cm³/mol. The van der Waals surface area contributed by atoms with Crippen LogP contribution in [0.15, 0.2) is 54.9 Å². The van der Waals surface area contributed by atoms with Crippen LogP contribution in [0.2, 0.25) is 5.02 Å². The summed E-state index contributed by atoms with van der Waals surface area (Å²) in [6, 6.07) is 11.4. The van der Waals surface area contributed by atoms with Crippen LogP contribution in [0.25, 0.3) is 11.1 Å². The fourth-order valence-corrected chi connectivity index (χ4v) is 2.93. The second-order valence-corrected chi connectivity index (χ2v) is 6.54. The zero-order valence-corrected chi connectivity index (χ0v) is 15.9. The second-order valence-electron chi connectivity index (χ2n) is 6.11. The Morgan fingerprint density at radius 1 is 1.25 bits per heavy atom. The third-order valence-corrected chi connectivity index (χ3v) is 4.33. The second kappa shape index (κ2) is 9.45. The number of aliphatic hydroxyl groups is 1. The van der Waals surface area contributed by atoms with Crippen LogP contribution in [-0.2, 0) is 10.4 Å². The summed E-state index contributed by atoms with van der Waals surface area (Å²) < 4.78 is 14.8. The van der Waals surface area contributed by atoms with Gasteiger partial charge in [0.2, 0.25) is 0 Å². The molecule has 3 rings (SSSR count). The van der Waals surface area contributed by atoms with Gasteiger partial charge < -0.3 is 15.9 Å². The van der Waals surface area contributed by atoms with Crippen molar-refractivity contribution in [3.8, 4) is 11.1 Å². The van der Waals surface area contributed by atoms with Crippen molar-refractivity contribution in [3.05, 3.63) is 76.8 Å². The molecule has 0 spiro atoms. The number of aromatic amines is 1. The molecule has 1 aromatic heterocycles. The predicted octanol–water partition coefficient (Wildman–Crippen LogP) is 3.54. The van der Waals surface area contributed by atoms with E-state index in [1.807, 2.05) is 0 Å². The highest BCUT2D eigenvalue weighted by atomic mass is 35.5. The van der Waals surface area contributed by atoms with Crippen molar-refractivity contribution in [1.29, 1.82) is 0 Å². The normalized spacial score (nSPS) is 12.6. The summed E-state index contributed by atoms with van der Waals surface area (Å²) in [6.07, 6.45) is 3.48. The van der Waals surface area contributed by atoms with E-state index in [4.69, 9.17) is 27.2 Å². The molecule has 5 N–H and O–H groups in total. The molecule has 0 amide bonds. The van der Waals surface area contributed by atoms with Gasteiger partial charge in [-0.1, -0.05) is 35.9 Å². The third kappa shape index (κ3) is 5.16. The average molecular weight is 406 g/mol. The molecule has 0 aliphatic rings. The largest absolute Gasteiger partial charge is 0.481 e. The Morgan fingerprint density at radius 2 is 1.89 bits per heavy atom. The zero-order valence-electron chi connectivity index (χ0n) is 15.2. The van der Waals surface area contributed by atoms with Gasteiger partial charge in [-0.15, -0.1) is 0 Å². The van der Waals surface area contributed by atoms with E-state index >= 15 is 0 Å². The van der Waals surface area contributed by atoms with Crippen molar-refractivity contribution < 1.29 is 19.4 Å². The van der Waals surface area contributed by atoms with E-state index in [0.29, 0.717) is 16.1 Å². The van der Waals surface area contributed by atoms with Gasteiger partial charge in [0.15, 0.2) is 0 Å². The number of aromatic nitrogens is 2. The molecule has 0 fully saturated rings. The first-order valence-electron chi connectivity index (χ1n) is 8.45. The molecule has 28 heavy (non-hydrogen) atoms. The topological polar surface area (TPSA) is 112 Å². The maximum absolute atomic E-state index is 14.8. The lowest BCUT2D eigenvalue weighted by atomic mass is 9.82. The Labute approximate surface area is 166 Å². The van der Waals surface area contributed by atoms with Crippen LogP contribution < -0.4 is 5.73 Å². The highest BCUT2D eigenvalue weighted by Crippen LogP contribution is 2.36. The SMILES string of the molecule is CC(=O)O.NCCC(O)(c1ccc(Cl)cc1)c1ccc(-c2cn[nH]c2)cc1F. The minimum Gasteiger partial charge on any atom is -0.481 e. The van der Waals surface area contributed by atoms with Crippen molar-refractivity contribution in [2.24, 2.45) is 5.73 Å². The van der Waals surface area contributed by atoms with Crippen LogP contribution in [-0.4, -0.2) is 32.9 Å². The molecule has 148 valence electrons. The Balaban J connectivity index is 0.000000640. The lowest BCUT2D eigenvalue weighted by molar-refractivity contribution is -0.134. The van der Waals surface area contributed by atoms with Crippen molar-refractivity contribution in [3.63, 3.8) is 0 Å². The summed E-state index contributed by atoms with van der Waals surface area (Å²) >= 11 is 5.90. The van der Waals surface area contributed by atoms with Gasteiger partial charge >= 0.3 is 0 Å². The summed E-state index contributed by atoms with van der Waals surface area (Å²) in [5.41, 5.74) is 6.32. The number of nitrogens with zero attached hydrogens (tertiary/aromatic N) is 1. The van der Waals surface area contributed by atoms with Crippen LogP contribution in [0.5, 0.6) is 0 Å². The third-order valence-electron chi connectivity index (χ3n) is 4.07. The lowest BCUT2D eigenvalue weighted by Crippen LogP contribution is -2.31. The number of aliphatic carboxylic acids is 1. The molecular weight excluding hydrogens is 385 g/mol. The van der Waals surface area contributed by atoms with Gasteiger partial charge in [-0.05, 0) is 42.3 Å². The molecular formula is C20H21ClFN3O3. The number of hydrogen-bond donors (Lipinski definition) is 4. The molecule has 0 aliphatic heterocycles. The number of nitrogens with one attached hydrogen (secondary N) is 1. The molecule has 2 aromatic carbocycles. The Bertz CT molecular complexity index is 913. The number of benzene rings is 2. The minimum atomic E-state index is -1.52. The maximum Gasteiger partial charge on any atom is 0.300 e. The molecule has 1 unspecified atom stereocenters. The van der Waals surface area contributed by atoms with Crippen LogP contribution in [0, 0.1) is 5.82 Å². The average Bonchev–Trinajstić information content (AvgIpc) is 3.16. The summed E-state index contributed by atoms with van der Waals surface area (Å²) in [7, 11) is 0. The van der Waals surface area contributed by atoms with Gasteiger partial charge in [0.05, 0.1) is 6.20 Å². The molecule has 3 aromatic rings. The van der Waals surface area contributed by atoms with Crippen LogP contribution >= 0.6 is 11.6 Å². The summed E-state index contributed by atoms with van der Waals surface area (Å²) in [5.74, 6) is -1.33. The van der Waals surface area contributed by atoms with Gasteiger partial charge in [0, 0.05) is 29.3 Å². The van der Waals surface area contributed by atoms with Crippen molar-refractivity contribution in [2.75, 3.05) is 6.54 Å². The van der Waals surface area contributed by atoms with Gasteiger partial charge in [0.1, 0.15) is 11.4 Å². The number of halogens is 2. The highest BCUT2D eigenvalue weighted by molar-refractivity contribution is 6.30. The van der Waals surface area contributed by atoms with E-state index in [0.717, 1.165) is 12.5 Å². The number of carboxylic acid groups (broad SMARTS) is 1. The van der Waals surface area contributed by atoms with Crippen LogP contribution in [0.1, 0.15) is 24.5 Å². The van der Waals surface area contributed by atoms with E-state index in [9.17, 15) is 9.50 Å². The summed E-state index contributed by atoms with van der Waals surface area (Å²) in [4.78, 5) is 9.00. The Morgan fingerprint density at radius 3 is 2.39 bits per heavy atom. The monoisotopic (exact) mass is 405 g/mol. The maximum atomic E-state index is 14.8. The first-order valence-corrected chi connectivity index (χ1v) is 8.83. The summed E-state index contributed by atoms with van der Waals surface area (Å²) in [6.45, 7) is 1.29. The van der Waals surface area contributed by atoms with E-state index in [1.165, 1.54) is 6.07 Å². The number of nitrogens with two attached hydrogens (primary N) is 1. The van der Waals surface area contributed by atoms with Gasteiger partial charge in [-0.3, -0.25) is 9.89 Å². The molecule has 8 heteroatoms. The fraction of sp³-hybridized carbons (Fsp3) is 0.200. The number of hydrogen-bond acceptors (Lipinski definition) is 4. The molecule has 0 radical (unpaired) electrons. The summed E-state index contributed by atoms with van der Waals surface area (Å²) in [5, 5.41) is 25.7. The Hall–Kier alpha value is -2.74. The van der Waals surface area contributed by atoms with Crippen LogP contribution in [0.3, 0.4) is 0 Å². The van der Waals surface area contributed by atoms with Gasteiger partial charge in [0.25, 0.3) is 5.97 Å². The standard InChI is InChI=1S/C18H17ClFN3O.C2H4O2/c19-15-4-2-14(3-5-15)18(24,7-8-21)16-6-1-12(9-17(16)20)13-10-22-23-11-13;1-2(3)4/h1-6,9-11,24H,7-8,21H2,(H,22,23);1H3,(H,3,4). The molecule has 0 saturated carbocycles. The minimum absolute atomic E-state index is 0.183. The van der Waals surface area contributed by atoms with E-state index in [1.54, 1.807) is 48.8 Å².